The average Bonchev–Trinajstić information content (AvgIpc) is 2.77. The second-order valence-electron chi connectivity index (χ2n) is 6.95. The summed E-state index contributed by atoms with van der Waals surface area (Å²) in [7, 11) is -4.36. The molecule has 0 radical (unpaired) electrons. The second kappa shape index (κ2) is 8.49. The van der Waals surface area contributed by atoms with Gasteiger partial charge in [-0.2, -0.15) is 8.42 Å². The van der Waals surface area contributed by atoms with Gasteiger partial charge in [0.25, 0.3) is 10.1 Å². The molecule has 5 aromatic rings. The van der Waals surface area contributed by atoms with E-state index in [1.54, 1.807) is 24.3 Å². The molecule has 148 valence electrons. The van der Waals surface area contributed by atoms with E-state index in [4.69, 9.17) is 9.97 Å². The van der Waals surface area contributed by atoms with Crippen molar-refractivity contribution in [2.24, 2.45) is 0 Å². The van der Waals surface area contributed by atoms with E-state index in [0.717, 1.165) is 16.8 Å². The molecular weight excluding hydrogens is 419 g/mol. The molecule has 0 spiro atoms. The minimum atomic E-state index is -4.36. The predicted molar refractivity (Wildman–Crippen MR) is 125 cm³/mol. The van der Waals surface area contributed by atoms with Crippen LogP contribution in [0.3, 0.4) is 0 Å². The summed E-state index contributed by atoms with van der Waals surface area (Å²) in [4.78, 5) is 9.60. The van der Waals surface area contributed by atoms with Crippen molar-refractivity contribution in [3.63, 3.8) is 0 Å². The van der Waals surface area contributed by atoms with E-state index in [1.807, 2.05) is 60.7 Å². The van der Waals surface area contributed by atoms with Crippen molar-refractivity contribution < 1.29 is 13.0 Å². The Kier molecular flexibility index (Phi) is 5.92. The first-order valence-corrected chi connectivity index (χ1v) is 10.8. The van der Waals surface area contributed by atoms with Gasteiger partial charge in [-0.1, -0.05) is 72.8 Å². The topological polar surface area (TPSA) is 80.2 Å². The fourth-order valence-corrected chi connectivity index (χ4v) is 4.32. The van der Waals surface area contributed by atoms with E-state index in [2.05, 4.69) is 0 Å². The van der Waals surface area contributed by atoms with Crippen LogP contribution < -0.4 is 0 Å². The third-order valence-electron chi connectivity index (χ3n) is 5.00. The molecule has 0 aliphatic rings. The summed E-state index contributed by atoms with van der Waals surface area (Å²) in [6.07, 6.45) is 0. The summed E-state index contributed by atoms with van der Waals surface area (Å²) in [5.41, 5.74) is 4.51. The van der Waals surface area contributed by atoms with Crippen molar-refractivity contribution in [2.45, 2.75) is 4.90 Å². The monoisotopic (exact) mass is 436 g/mol. The van der Waals surface area contributed by atoms with Crippen LogP contribution in [0, 0.1) is 0 Å². The van der Waals surface area contributed by atoms with Gasteiger partial charge in [-0.3, -0.25) is 4.55 Å². The molecule has 1 aromatic heterocycles. The third kappa shape index (κ3) is 4.13. The van der Waals surface area contributed by atoms with Crippen LogP contribution in [0.15, 0.2) is 95.9 Å². The van der Waals surface area contributed by atoms with Crippen molar-refractivity contribution in [3.05, 3.63) is 91.0 Å². The summed E-state index contributed by atoms with van der Waals surface area (Å²) in [5, 5.41) is 1.08. The molecule has 5 nitrogen and oxygen atoms in total. The van der Waals surface area contributed by atoms with Crippen molar-refractivity contribution in [1.29, 1.82) is 0 Å². The molecule has 7 heteroatoms. The van der Waals surface area contributed by atoms with E-state index >= 15 is 0 Å². The molecule has 0 aliphatic carbocycles. The van der Waals surface area contributed by atoms with E-state index in [1.165, 1.54) is 6.07 Å². The standard InChI is InChI=1S/C24H16N2O3S.Na.H/c27-30(28,29)22-13-7-12-18-14-20-21(15-19(18)22)26-24(17-10-5-2-6-11-17)23(25-20)16-8-3-1-4-9-16;;/h1-15H,(H,27,28,29);;. The summed E-state index contributed by atoms with van der Waals surface area (Å²) in [6, 6.07) is 27.8. The first kappa shape index (κ1) is 21.6. The quantitative estimate of drug-likeness (QED) is 0.252. The van der Waals surface area contributed by atoms with Crippen LogP contribution in [0.25, 0.3) is 44.3 Å². The van der Waals surface area contributed by atoms with Gasteiger partial charge in [-0.25, -0.2) is 9.97 Å². The van der Waals surface area contributed by atoms with Crippen LogP contribution in [0.5, 0.6) is 0 Å². The number of nitrogens with zero attached hydrogens (tertiary/aromatic N) is 2. The number of aromatic nitrogens is 2. The van der Waals surface area contributed by atoms with Gasteiger partial charge in [0.1, 0.15) is 4.90 Å². The van der Waals surface area contributed by atoms with Crippen LogP contribution in [0.4, 0.5) is 0 Å². The predicted octanol–water partition coefficient (Wildman–Crippen LogP) is 4.72. The van der Waals surface area contributed by atoms with Crippen molar-refractivity contribution in [2.75, 3.05) is 0 Å². The first-order chi connectivity index (χ1) is 14.5. The van der Waals surface area contributed by atoms with Gasteiger partial charge in [-0.15, -0.1) is 0 Å². The van der Waals surface area contributed by atoms with Crippen molar-refractivity contribution in [1.82, 2.24) is 9.97 Å². The number of hydrogen-bond acceptors (Lipinski definition) is 4. The minimum absolute atomic E-state index is 0. The van der Waals surface area contributed by atoms with Crippen LogP contribution in [-0.4, -0.2) is 52.5 Å². The van der Waals surface area contributed by atoms with Gasteiger partial charge in [-0.05, 0) is 23.6 Å². The van der Waals surface area contributed by atoms with E-state index in [0.29, 0.717) is 27.5 Å². The molecule has 0 amide bonds. The fourth-order valence-electron chi connectivity index (χ4n) is 3.62. The Balaban J connectivity index is 0.00000231. The Morgan fingerprint density at radius 1 is 0.645 bits per heavy atom. The molecule has 0 bridgehead atoms. The van der Waals surface area contributed by atoms with E-state index in [-0.39, 0.29) is 34.5 Å². The number of rotatable bonds is 3. The van der Waals surface area contributed by atoms with Gasteiger partial charge in [0.15, 0.2) is 0 Å². The molecule has 31 heavy (non-hydrogen) atoms. The molecule has 1 N–H and O–H groups in total. The number of hydrogen-bond donors (Lipinski definition) is 1. The van der Waals surface area contributed by atoms with Gasteiger partial charge in [0.05, 0.1) is 22.4 Å². The molecule has 5 rings (SSSR count). The average molecular weight is 436 g/mol. The molecule has 0 saturated carbocycles. The maximum atomic E-state index is 11.8. The maximum absolute atomic E-state index is 11.8. The zero-order chi connectivity index (χ0) is 20.7. The van der Waals surface area contributed by atoms with Crippen LogP contribution >= 0.6 is 0 Å². The van der Waals surface area contributed by atoms with Crippen LogP contribution in [0.1, 0.15) is 0 Å². The Morgan fingerprint density at radius 3 is 1.68 bits per heavy atom. The van der Waals surface area contributed by atoms with Crippen LogP contribution in [-0.2, 0) is 10.1 Å². The fraction of sp³-hybridized carbons (Fsp3) is 0. The summed E-state index contributed by atoms with van der Waals surface area (Å²) >= 11 is 0. The molecule has 4 aromatic carbocycles. The molecule has 0 fully saturated rings. The summed E-state index contributed by atoms with van der Waals surface area (Å²) in [6.45, 7) is 0. The van der Waals surface area contributed by atoms with Crippen molar-refractivity contribution in [3.8, 4) is 22.5 Å². The van der Waals surface area contributed by atoms with Gasteiger partial charge >= 0.3 is 29.6 Å². The molecule has 0 unspecified atom stereocenters. The molecule has 0 aliphatic heterocycles. The Labute approximate surface area is 201 Å². The Morgan fingerprint density at radius 2 is 1.16 bits per heavy atom. The van der Waals surface area contributed by atoms with Gasteiger partial charge < -0.3 is 0 Å². The van der Waals surface area contributed by atoms with Gasteiger partial charge in [0, 0.05) is 16.5 Å². The molecule has 0 saturated heterocycles. The SMILES string of the molecule is O=S(=O)(O)c1cccc2cc3nc(-c4ccccc4)c(-c4ccccc4)nc3cc12.[NaH]. The normalized spacial score (nSPS) is 11.4. The summed E-state index contributed by atoms with van der Waals surface area (Å²) in [5.74, 6) is 0. The molecule has 1 heterocycles. The molecule has 0 atom stereocenters. The zero-order valence-electron chi connectivity index (χ0n) is 15.7. The van der Waals surface area contributed by atoms with Crippen LogP contribution in [0.2, 0.25) is 0 Å². The van der Waals surface area contributed by atoms with E-state index < -0.39 is 10.1 Å². The van der Waals surface area contributed by atoms with Crippen molar-refractivity contribution >= 4 is 61.5 Å². The summed E-state index contributed by atoms with van der Waals surface area (Å²) < 4.78 is 33.3. The Bertz CT molecular complexity index is 1510. The zero-order valence-corrected chi connectivity index (χ0v) is 16.5. The first-order valence-electron chi connectivity index (χ1n) is 9.33. The molecular formula is C24H17N2NaO3S. The number of benzene rings is 4. The number of fused-ring (bicyclic) bond motifs is 2. The second-order valence-corrected chi connectivity index (χ2v) is 8.34. The third-order valence-corrected chi connectivity index (χ3v) is 5.91. The van der Waals surface area contributed by atoms with Gasteiger partial charge in [0.2, 0.25) is 0 Å². The Hall–Kier alpha value is -2.61. The van der Waals surface area contributed by atoms with E-state index in [9.17, 15) is 13.0 Å².